The highest BCUT2D eigenvalue weighted by Crippen LogP contribution is 2.37. The Bertz CT molecular complexity index is 755. The summed E-state index contributed by atoms with van der Waals surface area (Å²) in [6.07, 6.45) is 2.61. The Morgan fingerprint density at radius 2 is 2.23 bits per heavy atom. The number of carbonyl (C=O) groups excluding carboxylic acids is 1. The fourth-order valence-electron chi connectivity index (χ4n) is 2.83. The van der Waals surface area contributed by atoms with Crippen LogP contribution in [0.3, 0.4) is 0 Å². The molecule has 3 nitrogen and oxygen atoms in total. The van der Waals surface area contributed by atoms with Crippen LogP contribution in [-0.4, -0.2) is 16.1 Å². The first kappa shape index (κ1) is 14.7. The van der Waals surface area contributed by atoms with Crippen LogP contribution in [0.1, 0.15) is 34.1 Å². The van der Waals surface area contributed by atoms with Gasteiger partial charge in [-0.15, -0.1) is 18.3 Å². The summed E-state index contributed by atoms with van der Waals surface area (Å²) in [5.74, 6) is 0.660. The van der Waals surface area contributed by atoms with Gasteiger partial charge in [-0.25, -0.2) is 0 Å². The van der Waals surface area contributed by atoms with Gasteiger partial charge in [0.05, 0.1) is 12.0 Å². The van der Waals surface area contributed by atoms with Crippen molar-refractivity contribution < 1.29 is 4.79 Å². The lowest BCUT2D eigenvalue weighted by Crippen LogP contribution is -2.10. The maximum atomic E-state index is 12.9. The molecule has 3 rings (SSSR count). The van der Waals surface area contributed by atoms with E-state index in [1.54, 1.807) is 11.8 Å². The summed E-state index contributed by atoms with van der Waals surface area (Å²) >= 11 is 1.60. The quantitative estimate of drug-likeness (QED) is 0.476. The smallest absolute Gasteiger partial charge is 0.210 e. The van der Waals surface area contributed by atoms with Crippen molar-refractivity contribution >= 4 is 17.5 Å². The third-order valence-electron chi connectivity index (χ3n) is 3.86. The van der Waals surface area contributed by atoms with E-state index in [9.17, 15) is 10.1 Å². The van der Waals surface area contributed by atoms with Crippen LogP contribution in [0, 0.1) is 11.3 Å². The average molecular weight is 308 g/mol. The van der Waals surface area contributed by atoms with Gasteiger partial charge in [0, 0.05) is 28.5 Å². The van der Waals surface area contributed by atoms with Gasteiger partial charge >= 0.3 is 0 Å². The number of thioether (sulfide) groups is 1. The van der Waals surface area contributed by atoms with Crippen LogP contribution in [0.5, 0.6) is 0 Å². The first-order valence-corrected chi connectivity index (χ1v) is 8.21. The Balaban J connectivity index is 2.07. The molecule has 1 aromatic carbocycles. The molecule has 0 saturated carbocycles. The Labute approximate surface area is 134 Å². The minimum Gasteiger partial charge on any atom is -0.340 e. The van der Waals surface area contributed by atoms with Crippen molar-refractivity contribution in [2.75, 3.05) is 5.75 Å². The molecule has 1 unspecified atom stereocenters. The predicted octanol–water partition coefficient (Wildman–Crippen LogP) is 4.01. The SMILES string of the molecule is C=CCSc1cc2n(c1C(=O)c1ccccc1)CCC2C#N. The van der Waals surface area contributed by atoms with Gasteiger partial charge in [-0.2, -0.15) is 5.26 Å². The number of nitriles is 1. The fraction of sp³-hybridized carbons (Fsp3) is 0.222. The highest BCUT2D eigenvalue weighted by atomic mass is 32.2. The number of rotatable bonds is 5. The van der Waals surface area contributed by atoms with E-state index in [0.29, 0.717) is 11.3 Å². The topological polar surface area (TPSA) is 45.8 Å². The molecule has 22 heavy (non-hydrogen) atoms. The molecule has 0 amide bonds. The predicted molar refractivity (Wildman–Crippen MR) is 88.2 cm³/mol. The Hall–Kier alpha value is -2.25. The van der Waals surface area contributed by atoms with Gasteiger partial charge in [0.1, 0.15) is 5.69 Å². The molecular weight excluding hydrogens is 292 g/mol. The molecule has 1 atom stereocenters. The van der Waals surface area contributed by atoms with Crippen LogP contribution in [0.15, 0.2) is 53.9 Å². The molecule has 1 aliphatic heterocycles. The second kappa shape index (κ2) is 6.25. The van der Waals surface area contributed by atoms with E-state index in [-0.39, 0.29) is 11.7 Å². The van der Waals surface area contributed by atoms with Gasteiger partial charge in [0.25, 0.3) is 0 Å². The summed E-state index contributed by atoms with van der Waals surface area (Å²) in [5, 5.41) is 9.27. The number of ketones is 1. The largest absolute Gasteiger partial charge is 0.340 e. The third-order valence-corrected chi connectivity index (χ3v) is 4.88. The van der Waals surface area contributed by atoms with Crippen LogP contribution in [0.4, 0.5) is 0 Å². The summed E-state index contributed by atoms with van der Waals surface area (Å²) < 4.78 is 2.02. The Morgan fingerprint density at radius 3 is 2.91 bits per heavy atom. The Morgan fingerprint density at radius 1 is 1.45 bits per heavy atom. The van der Waals surface area contributed by atoms with Gasteiger partial charge < -0.3 is 4.57 Å². The van der Waals surface area contributed by atoms with Gasteiger partial charge in [0.2, 0.25) is 5.78 Å². The van der Waals surface area contributed by atoms with Crippen molar-refractivity contribution in [3.63, 3.8) is 0 Å². The van der Waals surface area contributed by atoms with Gasteiger partial charge in [-0.3, -0.25) is 4.79 Å². The molecule has 1 aromatic heterocycles. The number of fused-ring (bicyclic) bond motifs is 1. The minimum atomic E-state index is -0.111. The normalized spacial score (nSPS) is 16.0. The molecule has 0 aliphatic carbocycles. The second-order valence-corrected chi connectivity index (χ2v) is 6.26. The summed E-state index contributed by atoms with van der Waals surface area (Å²) in [5.41, 5.74) is 2.36. The van der Waals surface area contributed by atoms with Crippen molar-refractivity contribution in [1.29, 1.82) is 5.26 Å². The number of benzene rings is 1. The number of hydrogen-bond donors (Lipinski definition) is 0. The van der Waals surface area contributed by atoms with E-state index < -0.39 is 0 Å². The van der Waals surface area contributed by atoms with E-state index in [1.807, 2.05) is 47.0 Å². The van der Waals surface area contributed by atoms with Crippen molar-refractivity contribution in [3.05, 3.63) is 66.0 Å². The molecule has 0 N–H and O–H groups in total. The van der Waals surface area contributed by atoms with Crippen molar-refractivity contribution in [1.82, 2.24) is 4.57 Å². The van der Waals surface area contributed by atoms with E-state index in [0.717, 1.165) is 29.3 Å². The second-order valence-electron chi connectivity index (χ2n) is 5.20. The van der Waals surface area contributed by atoms with E-state index in [4.69, 9.17) is 0 Å². The van der Waals surface area contributed by atoms with Crippen LogP contribution >= 0.6 is 11.8 Å². The molecule has 0 saturated heterocycles. The van der Waals surface area contributed by atoms with Crippen LogP contribution < -0.4 is 0 Å². The lowest BCUT2D eigenvalue weighted by molar-refractivity contribution is 0.102. The summed E-state index contributed by atoms with van der Waals surface area (Å²) in [6, 6.07) is 13.7. The minimum absolute atomic E-state index is 0.0250. The number of hydrogen-bond acceptors (Lipinski definition) is 3. The number of aromatic nitrogens is 1. The number of carbonyl (C=O) groups is 1. The first-order valence-electron chi connectivity index (χ1n) is 7.22. The lowest BCUT2D eigenvalue weighted by Gasteiger charge is -2.08. The molecule has 2 heterocycles. The summed E-state index contributed by atoms with van der Waals surface area (Å²) in [6.45, 7) is 4.47. The highest BCUT2D eigenvalue weighted by molar-refractivity contribution is 7.99. The van der Waals surface area contributed by atoms with Gasteiger partial charge in [-0.05, 0) is 12.5 Å². The zero-order chi connectivity index (χ0) is 15.5. The van der Waals surface area contributed by atoms with E-state index in [2.05, 4.69) is 12.6 Å². The zero-order valence-electron chi connectivity index (χ0n) is 12.2. The first-order chi connectivity index (χ1) is 10.8. The molecule has 2 aromatic rings. The van der Waals surface area contributed by atoms with Gasteiger partial charge in [0.15, 0.2) is 0 Å². The standard InChI is InChI=1S/C18H16N2OS/c1-2-10-22-16-11-15-14(12-19)8-9-20(15)17(16)18(21)13-6-4-3-5-7-13/h2-7,11,14H,1,8-10H2. The van der Waals surface area contributed by atoms with Crippen molar-refractivity contribution in [3.8, 4) is 6.07 Å². The monoisotopic (exact) mass is 308 g/mol. The van der Waals surface area contributed by atoms with Crippen LogP contribution in [0.2, 0.25) is 0 Å². The summed E-state index contributed by atoms with van der Waals surface area (Å²) in [4.78, 5) is 13.9. The maximum absolute atomic E-state index is 12.9. The van der Waals surface area contributed by atoms with E-state index in [1.165, 1.54) is 0 Å². The Kier molecular flexibility index (Phi) is 4.17. The molecule has 1 aliphatic rings. The molecule has 0 bridgehead atoms. The molecule has 110 valence electrons. The van der Waals surface area contributed by atoms with Crippen molar-refractivity contribution in [2.24, 2.45) is 0 Å². The molecule has 4 heteroatoms. The molecule has 0 radical (unpaired) electrons. The molecule has 0 fully saturated rings. The number of nitrogens with zero attached hydrogens (tertiary/aromatic N) is 2. The third kappa shape index (κ3) is 2.49. The molecule has 0 spiro atoms. The van der Waals surface area contributed by atoms with E-state index >= 15 is 0 Å². The fourth-order valence-corrected chi connectivity index (χ4v) is 3.67. The van der Waals surface area contributed by atoms with Crippen molar-refractivity contribution in [2.45, 2.75) is 23.8 Å². The lowest BCUT2D eigenvalue weighted by atomic mass is 10.1. The average Bonchev–Trinajstić information content (AvgIpc) is 3.11. The zero-order valence-corrected chi connectivity index (χ0v) is 13.0. The van der Waals surface area contributed by atoms with Gasteiger partial charge in [-0.1, -0.05) is 36.4 Å². The highest BCUT2D eigenvalue weighted by Gasteiger charge is 2.30. The van der Waals surface area contributed by atoms with Crippen LogP contribution in [0.25, 0.3) is 0 Å². The summed E-state index contributed by atoms with van der Waals surface area (Å²) in [7, 11) is 0. The molecular formula is C18H16N2OS. The maximum Gasteiger partial charge on any atom is 0.210 e. The van der Waals surface area contributed by atoms with Crippen LogP contribution in [-0.2, 0) is 6.54 Å².